The summed E-state index contributed by atoms with van der Waals surface area (Å²) in [4.78, 5) is 11.3. The Morgan fingerprint density at radius 1 is 1.53 bits per heavy atom. The molecule has 0 aliphatic rings. The topological polar surface area (TPSA) is 49.3 Å². The van der Waals surface area contributed by atoms with Crippen molar-refractivity contribution < 1.29 is 9.90 Å². The quantitative estimate of drug-likeness (QED) is 0.534. The first kappa shape index (κ1) is 14.3. The van der Waals surface area contributed by atoms with Gasteiger partial charge in [-0.25, -0.2) is 0 Å². The summed E-state index contributed by atoms with van der Waals surface area (Å²) in [5.41, 5.74) is 0. The van der Waals surface area contributed by atoms with E-state index in [-0.39, 0.29) is 23.8 Å². The van der Waals surface area contributed by atoms with E-state index >= 15 is 0 Å². The molecule has 0 aromatic rings. The summed E-state index contributed by atoms with van der Waals surface area (Å²) >= 11 is 1.55. The number of amides is 1. The van der Waals surface area contributed by atoms with Crippen LogP contribution in [-0.2, 0) is 4.79 Å². The number of hydrogen-bond donors (Lipinski definition) is 2. The highest BCUT2D eigenvalue weighted by molar-refractivity contribution is 7.99. The van der Waals surface area contributed by atoms with Crippen molar-refractivity contribution in [1.29, 1.82) is 0 Å². The molecule has 0 radical (unpaired) electrons. The molecular formula is C11H19NO2S. The van der Waals surface area contributed by atoms with Crippen molar-refractivity contribution in [3.63, 3.8) is 0 Å². The second kappa shape index (κ2) is 8.56. The second-order valence-electron chi connectivity index (χ2n) is 3.14. The van der Waals surface area contributed by atoms with Crippen LogP contribution in [0.2, 0.25) is 0 Å². The maximum atomic E-state index is 11.3. The Balaban J connectivity index is 4.05. The van der Waals surface area contributed by atoms with Gasteiger partial charge in [0.2, 0.25) is 5.91 Å². The maximum Gasteiger partial charge on any atom is 0.244 e. The van der Waals surface area contributed by atoms with E-state index in [1.165, 1.54) is 6.08 Å². The zero-order valence-corrected chi connectivity index (χ0v) is 10.3. The maximum absolute atomic E-state index is 11.3. The molecule has 86 valence electrons. The van der Waals surface area contributed by atoms with Gasteiger partial charge in [0.1, 0.15) is 0 Å². The summed E-state index contributed by atoms with van der Waals surface area (Å²) < 4.78 is 0. The van der Waals surface area contributed by atoms with Gasteiger partial charge < -0.3 is 10.4 Å². The van der Waals surface area contributed by atoms with Gasteiger partial charge in [-0.05, 0) is 20.1 Å². The minimum Gasteiger partial charge on any atom is -0.395 e. The van der Waals surface area contributed by atoms with Gasteiger partial charge in [0.05, 0.1) is 6.61 Å². The number of aliphatic hydroxyl groups excluding tert-OH is 1. The summed E-state index contributed by atoms with van der Waals surface area (Å²) in [6.07, 6.45) is 8.73. The van der Waals surface area contributed by atoms with Crippen molar-refractivity contribution >= 4 is 17.7 Å². The third kappa shape index (κ3) is 6.36. The molecule has 0 spiro atoms. The van der Waals surface area contributed by atoms with Gasteiger partial charge in [0, 0.05) is 17.4 Å². The zero-order valence-electron chi connectivity index (χ0n) is 9.43. The van der Waals surface area contributed by atoms with E-state index in [2.05, 4.69) is 5.32 Å². The molecule has 0 saturated heterocycles. The first-order chi connectivity index (χ1) is 7.15. The van der Waals surface area contributed by atoms with Crippen LogP contribution < -0.4 is 5.32 Å². The van der Waals surface area contributed by atoms with Gasteiger partial charge in [-0.3, -0.25) is 4.79 Å². The summed E-state index contributed by atoms with van der Waals surface area (Å²) in [6, 6.07) is -0.0345. The van der Waals surface area contributed by atoms with Gasteiger partial charge >= 0.3 is 0 Å². The third-order valence-electron chi connectivity index (χ3n) is 1.96. The summed E-state index contributed by atoms with van der Waals surface area (Å²) in [6.45, 7) is 3.85. The van der Waals surface area contributed by atoms with Gasteiger partial charge in [-0.2, -0.15) is 11.8 Å². The fraction of sp³-hybridized carbons (Fsp3) is 0.545. The molecule has 0 saturated carbocycles. The van der Waals surface area contributed by atoms with E-state index in [0.717, 1.165) is 0 Å². The predicted octanol–water partition coefficient (Wildman–Crippen LogP) is 1.35. The number of allylic oxidation sites excluding steroid dienone is 3. The lowest BCUT2D eigenvalue weighted by molar-refractivity contribution is -0.117. The molecule has 0 aliphatic heterocycles. The van der Waals surface area contributed by atoms with E-state index in [1.54, 1.807) is 23.9 Å². The number of hydrogen-bond acceptors (Lipinski definition) is 3. The number of nitrogens with one attached hydrogen (secondary N) is 1. The molecule has 0 aromatic heterocycles. The number of carbonyl (C=O) groups excluding carboxylic acids is 1. The van der Waals surface area contributed by atoms with E-state index in [9.17, 15) is 4.79 Å². The van der Waals surface area contributed by atoms with E-state index in [4.69, 9.17) is 5.11 Å². The lowest BCUT2D eigenvalue weighted by Crippen LogP contribution is -2.40. The number of aliphatic hydroxyl groups is 1. The highest BCUT2D eigenvalue weighted by Gasteiger charge is 2.15. The van der Waals surface area contributed by atoms with E-state index in [1.807, 2.05) is 26.2 Å². The molecule has 3 nitrogen and oxygen atoms in total. The lowest BCUT2D eigenvalue weighted by Gasteiger charge is -2.20. The smallest absolute Gasteiger partial charge is 0.244 e. The Morgan fingerprint density at radius 2 is 2.20 bits per heavy atom. The van der Waals surface area contributed by atoms with Crippen LogP contribution in [0.3, 0.4) is 0 Å². The van der Waals surface area contributed by atoms with Crippen LogP contribution in [0.25, 0.3) is 0 Å². The van der Waals surface area contributed by atoms with E-state index < -0.39 is 0 Å². The lowest BCUT2D eigenvalue weighted by atomic mass is 10.2. The predicted molar refractivity (Wildman–Crippen MR) is 65.9 cm³/mol. The van der Waals surface area contributed by atoms with Gasteiger partial charge in [-0.1, -0.05) is 18.2 Å². The molecule has 0 aliphatic carbocycles. The number of thioether (sulfide) groups is 1. The third-order valence-corrected chi connectivity index (χ3v) is 3.12. The number of carbonyl (C=O) groups is 1. The molecule has 0 aromatic carbocycles. The fourth-order valence-electron chi connectivity index (χ4n) is 1.06. The highest BCUT2D eigenvalue weighted by atomic mass is 32.2. The van der Waals surface area contributed by atoms with E-state index in [0.29, 0.717) is 0 Å². The Bertz CT molecular complexity index is 235. The Labute approximate surface area is 95.6 Å². The summed E-state index contributed by atoms with van der Waals surface area (Å²) in [5.74, 6) is -0.131. The van der Waals surface area contributed by atoms with Crippen molar-refractivity contribution in [3.8, 4) is 0 Å². The molecule has 1 amide bonds. The van der Waals surface area contributed by atoms with Crippen molar-refractivity contribution in [2.45, 2.75) is 25.1 Å². The van der Waals surface area contributed by atoms with Crippen LogP contribution in [-0.4, -0.2) is 35.2 Å². The minimum atomic E-state index is -0.131. The Hall–Kier alpha value is -0.740. The summed E-state index contributed by atoms with van der Waals surface area (Å²) in [7, 11) is 0. The fourth-order valence-corrected chi connectivity index (χ4v) is 1.68. The Morgan fingerprint density at radius 3 is 2.67 bits per heavy atom. The van der Waals surface area contributed by atoms with Crippen molar-refractivity contribution in [2.75, 3.05) is 12.9 Å². The van der Waals surface area contributed by atoms with Gasteiger partial charge in [0.25, 0.3) is 0 Å². The standard InChI is InChI=1S/C11H19NO2S/c1-4-5-6-7-11(14)12-9(2)10(8-13)15-3/h4-7,9-10,13H,8H2,1-3H3,(H,12,14)/b5-4?,7-6+. The SMILES string of the molecule is CC=C/C=C/C(=O)NC(C)C(CO)SC. The molecule has 0 heterocycles. The first-order valence-corrected chi connectivity index (χ1v) is 6.18. The van der Waals surface area contributed by atoms with Crippen molar-refractivity contribution in [2.24, 2.45) is 0 Å². The molecule has 4 heteroatoms. The molecular weight excluding hydrogens is 210 g/mol. The monoisotopic (exact) mass is 229 g/mol. The van der Waals surface area contributed by atoms with Crippen LogP contribution >= 0.6 is 11.8 Å². The van der Waals surface area contributed by atoms with Gasteiger partial charge in [-0.15, -0.1) is 0 Å². The zero-order chi connectivity index (χ0) is 11.7. The molecule has 2 atom stereocenters. The average molecular weight is 229 g/mol. The molecule has 0 rings (SSSR count). The molecule has 15 heavy (non-hydrogen) atoms. The first-order valence-electron chi connectivity index (χ1n) is 4.89. The van der Waals surface area contributed by atoms with Crippen LogP contribution in [0.1, 0.15) is 13.8 Å². The van der Waals surface area contributed by atoms with Crippen LogP contribution in [0.15, 0.2) is 24.3 Å². The molecule has 2 unspecified atom stereocenters. The van der Waals surface area contributed by atoms with Crippen LogP contribution in [0.5, 0.6) is 0 Å². The Kier molecular flexibility index (Phi) is 8.14. The largest absolute Gasteiger partial charge is 0.395 e. The molecule has 0 fully saturated rings. The number of rotatable bonds is 6. The molecule has 0 bridgehead atoms. The van der Waals surface area contributed by atoms with Crippen LogP contribution in [0.4, 0.5) is 0 Å². The normalized spacial score (nSPS) is 15.7. The van der Waals surface area contributed by atoms with Gasteiger partial charge in [0.15, 0.2) is 0 Å². The summed E-state index contributed by atoms with van der Waals surface area (Å²) in [5, 5.41) is 11.9. The van der Waals surface area contributed by atoms with Crippen LogP contribution in [0, 0.1) is 0 Å². The van der Waals surface area contributed by atoms with Crippen molar-refractivity contribution in [1.82, 2.24) is 5.32 Å². The highest BCUT2D eigenvalue weighted by Crippen LogP contribution is 2.09. The average Bonchev–Trinajstić information content (AvgIpc) is 2.20. The minimum absolute atomic E-state index is 0.0345. The van der Waals surface area contributed by atoms with Crippen molar-refractivity contribution in [3.05, 3.63) is 24.3 Å². The second-order valence-corrected chi connectivity index (χ2v) is 4.22. The molecule has 2 N–H and O–H groups in total.